The zero-order valence-electron chi connectivity index (χ0n) is 15.4. The number of carbonyl (C=O) groups excluding carboxylic acids is 1. The highest BCUT2D eigenvalue weighted by molar-refractivity contribution is 9.10. The summed E-state index contributed by atoms with van der Waals surface area (Å²) in [6, 6.07) is 20.5. The van der Waals surface area contributed by atoms with Gasteiger partial charge in [0.05, 0.1) is 0 Å². The van der Waals surface area contributed by atoms with E-state index in [4.69, 9.17) is 16.6 Å². The Morgan fingerprint density at radius 3 is 2.62 bits per heavy atom. The van der Waals surface area contributed by atoms with E-state index in [1.54, 1.807) is 18.2 Å². The lowest BCUT2D eigenvalue weighted by atomic mass is 10.2. The minimum absolute atomic E-state index is 0.222. The van der Waals surface area contributed by atoms with Crippen molar-refractivity contribution < 1.29 is 9.21 Å². The molecule has 0 aliphatic carbocycles. The van der Waals surface area contributed by atoms with E-state index in [1.165, 1.54) is 0 Å². The molecule has 0 bridgehead atoms. The molecule has 5 nitrogen and oxygen atoms in total. The first kappa shape index (κ1) is 19.3. The van der Waals surface area contributed by atoms with E-state index >= 15 is 0 Å². The summed E-state index contributed by atoms with van der Waals surface area (Å²) < 4.78 is 6.68. The predicted molar refractivity (Wildman–Crippen MR) is 122 cm³/mol. The van der Waals surface area contributed by atoms with Crippen molar-refractivity contribution in [2.75, 3.05) is 5.32 Å². The standard InChI is InChI=1S/C22H16BrN3O2S/c1-13-5-10-18-19(11-13)28-21(25-18)14-6-8-17(9-7-14)24-22(29)26-20(27)15-3-2-4-16(23)12-15/h2-12H,1H3,(H2,24,26,27,29). The third kappa shape index (κ3) is 4.52. The fourth-order valence-electron chi connectivity index (χ4n) is 2.82. The quantitative estimate of drug-likeness (QED) is 0.380. The normalized spacial score (nSPS) is 10.7. The monoisotopic (exact) mass is 465 g/mol. The first-order chi connectivity index (χ1) is 14.0. The van der Waals surface area contributed by atoms with Crippen molar-refractivity contribution >= 4 is 56.0 Å². The molecule has 3 aromatic carbocycles. The number of fused-ring (bicyclic) bond motifs is 1. The van der Waals surface area contributed by atoms with Gasteiger partial charge in [0, 0.05) is 21.3 Å². The summed E-state index contributed by atoms with van der Waals surface area (Å²) in [5, 5.41) is 5.90. The molecule has 29 heavy (non-hydrogen) atoms. The maximum atomic E-state index is 12.3. The van der Waals surface area contributed by atoms with Crippen molar-refractivity contribution in [3.63, 3.8) is 0 Å². The number of nitrogens with zero attached hydrogens (tertiary/aromatic N) is 1. The van der Waals surface area contributed by atoms with Gasteiger partial charge in [-0.15, -0.1) is 0 Å². The Hall–Kier alpha value is -3.03. The third-order valence-corrected chi connectivity index (χ3v) is 4.94. The highest BCUT2D eigenvalue weighted by Crippen LogP contribution is 2.26. The average molecular weight is 466 g/mol. The lowest BCUT2D eigenvalue weighted by molar-refractivity contribution is 0.0977. The Kier molecular flexibility index (Phi) is 5.42. The Bertz CT molecular complexity index is 1220. The van der Waals surface area contributed by atoms with E-state index in [1.807, 2.05) is 55.5 Å². The zero-order chi connectivity index (χ0) is 20.4. The van der Waals surface area contributed by atoms with E-state index in [2.05, 4.69) is 31.5 Å². The third-order valence-electron chi connectivity index (χ3n) is 4.25. The number of rotatable bonds is 3. The number of aryl methyl sites for hydroxylation is 1. The second-order valence-electron chi connectivity index (χ2n) is 6.49. The molecule has 0 spiro atoms. The Balaban J connectivity index is 1.43. The van der Waals surface area contributed by atoms with Crippen LogP contribution in [0, 0.1) is 6.92 Å². The molecule has 0 fully saturated rings. The number of benzene rings is 3. The molecule has 0 radical (unpaired) electrons. The second-order valence-corrected chi connectivity index (χ2v) is 7.81. The van der Waals surface area contributed by atoms with Gasteiger partial charge in [-0.1, -0.05) is 28.1 Å². The Labute approximate surface area is 181 Å². The summed E-state index contributed by atoms with van der Waals surface area (Å²) >= 11 is 8.59. The van der Waals surface area contributed by atoms with Gasteiger partial charge in [-0.2, -0.15) is 0 Å². The molecule has 1 heterocycles. The van der Waals surface area contributed by atoms with E-state index in [0.29, 0.717) is 11.5 Å². The molecule has 0 unspecified atom stereocenters. The number of halogens is 1. The van der Waals surface area contributed by atoms with Gasteiger partial charge >= 0.3 is 0 Å². The number of carbonyl (C=O) groups is 1. The summed E-state index contributed by atoms with van der Waals surface area (Å²) in [6.07, 6.45) is 0. The van der Waals surface area contributed by atoms with Gasteiger partial charge in [0.1, 0.15) is 5.52 Å². The van der Waals surface area contributed by atoms with Crippen molar-refractivity contribution in [2.24, 2.45) is 0 Å². The van der Waals surface area contributed by atoms with Crippen LogP contribution in [0.1, 0.15) is 15.9 Å². The first-order valence-electron chi connectivity index (χ1n) is 8.83. The molecule has 4 rings (SSSR count). The molecule has 1 amide bonds. The molecule has 1 aromatic heterocycles. The van der Waals surface area contributed by atoms with Crippen molar-refractivity contribution in [3.8, 4) is 11.5 Å². The minimum atomic E-state index is -0.276. The van der Waals surface area contributed by atoms with Crippen LogP contribution in [0.5, 0.6) is 0 Å². The second kappa shape index (κ2) is 8.14. The highest BCUT2D eigenvalue weighted by atomic mass is 79.9. The molecule has 7 heteroatoms. The lowest BCUT2D eigenvalue weighted by Crippen LogP contribution is -2.34. The van der Waals surface area contributed by atoms with Gasteiger partial charge in [0.15, 0.2) is 10.7 Å². The maximum absolute atomic E-state index is 12.3. The average Bonchev–Trinajstić information content (AvgIpc) is 3.11. The summed E-state index contributed by atoms with van der Waals surface area (Å²) in [4.78, 5) is 16.8. The van der Waals surface area contributed by atoms with E-state index in [-0.39, 0.29) is 11.0 Å². The van der Waals surface area contributed by atoms with Crippen LogP contribution < -0.4 is 10.6 Å². The molecular formula is C22H16BrN3O2S. The summed E-state index contributed by atoms with van der Waals surface area (Å²) in [7, 11) is 0. The van der Waals surface area contributed by atoms with Gasteiger partial charge in [-0.05, 0) is 79.3 Å². The highest BCUT2D eigenvalue weighted by Gasteiger charge is 2.10. The number of hydrogen-bond donors (Lipinski definition) is 2. The molecule has 0 atom stereocenters. The Morgan fingerprint density at radius 1 is 1.07 bits per heavy atom. The number of oxazole rings is 1. The zero-order valence-corrected chi connectivity index (χ0v) is 17.8. The van der Waals surface area contributed by atoms with Crippen molar-refractivity contribution in [1.82, 2.24) is 10.3 Å². The number of anilines is 1. The van der Waals surface area contributed by atoms with Crippen LogP contribution in [-0.4, -0.2) is 16.0 Å². The molecule has 0 saturated carbocycles. The van der Waals surface area contributed by atoms with Crippen LogP contribution in [0.2, 0.25) is 0 Å². The Morgan fingerprint density at radius 2 is 1.86 bits per heavy atom. The minimum Gasteiger partial charge on any atom is -0.436 e. The molecule has 2 N–H and O–H groups in total. The number of amides is 1. The lowest BCUT2D eigenvalue weighted by Gasteiger charge is -2.10. The number of nitrogens with one attached hydrogen (secondary N) is 2. The van der Waals surface area contributed by atoms with Crippen molar-refractivity contribution in [2.45, 2.75) is 6.92 Å². The van der Waals surface area contributed by atoms with Crippen LogP contribution >= 0.6 is 28.1 Å². The van der Waals surface area contributed by atoms with Crippen LogP contribution in [0.3, 0.4) is 0 Å². The largest absolute Gasteiger partial charge is 0.436 e. The number of hydrogen-bond acceptors (Lipinski definition) is 4. The van der Waals surface area contributed by atoms with Crippen LogP contribution in [0.15, 0.2) is 75.6 Å². The van der Waals surface area contributed by atoms with Gasteiger partial charge < -0.3 is 9.73 Å². The molecule has 0 saturated heterocycles. The molecule has 4 aromatic rings. The summed E-state index contributed by atoms with van der Waals surface area (Å²) in [6.45, 7) is 2.01. The fraction of sp³-hybridized carbons (Fsp3) is 0.0455. The van der Waals surface area contributed by atoms with Crippen LogP contribution in [0.25, 0.3) is 22.6 Å². The molecule has 0 aliphatic rings. The summed E-state index contributed by atoms with van der Waals surface area (Å²) in [5.41, 5.74) is 4.83. The van der Waals surface area contributed by atoms with E-state index in [0.717, 1.165) is 32.4 Å². The molecular weight excluding hydrogens is 450 g/mol. The van der Waals surface area contributed by atoms with Crippen LogP contribution in [0.4, 0.5) is 5.69 Å². The van der Waals surface area contributed by atoms with E-state index in [9.17, 15) is 4.79 Å². The van der Waals surface area contributed by atoms with Gasteiger partial charge in [0.2, 0.25) is 5.89 Å². The van der Waals surface area contributed by atoms with Gasteiger partial charge in [0.25, 0.3) is 5.91 Å². The number of aromatic nitrogens is 1. The summed E-state index contributed by atoms with van der Waals surface area (Å²) in [5.74, 6) is 0.282. The fourth-order valence-corrected chi connectivity index (χ4v) is 3.43. The number of thiocarbonyl (C=S) groups is 1. The molecule has 0 aliphatic heterocycles. The van der Waals surface area contributed by atoms with Gasteiger partial charge in [-0.3, -0.25) is 10.1 Å². The van der Waals surface area contributed by atoms with Crippen LogP contribution in [-0.2, 0) is 0 Å². The van der Waals surface area contributed by atoms with Gasteiger partial charge in [-0.25, -0.2) is 4.98 Å². The topological polar surface area (TPSA) is 67.2 Å². The van der Waals surface area contributed by atoms with E-state index < -0.39 is 0 Å². The molecule has 144 valence electrons. The van der Waals surface area contributed by atoms with Crippen molar-refractivity contribution in [3.05, 3.63) is 82.3 Å². The predicted octanol–water partition coefficient (Wildman–Crippen LogP) is 5.69. The smallest absolute Gasteiger partial charge is 0.257 e. The SMILES string of the molecule is Cc1ccc2nc(-c3ccc(NC(=S)NC(=O)c4cccc(Br)c4)cc3)oc2c1. The maximum Gasteiger partial charge on any atom is 0.257 e. The first-order valence-corrected chi connectivity index (χ1v) is 10.0. The van der Waals surface area contributed by atoms with Crippen molar-refractivity contribution in [1.29, 1.82) is 0 Å².